The number of nitrogens with one attached hydrogen (secondary N) is 1. The van der Waals surface area contributed by atoms with Crippen LogP contribution in [-0.2, 0) is 24.2 Å². The largest absolute Gasteiger partial charge is 0.370 e. The van der Waals surface area contributed by atoms with Gasteiger partial charge in [0.25, 0.3) is 0 Å². The van der Waals surface area contributed by atoms with Gasteiger partial charge in [-0.1, -0.05) is 30.3 Å². The van der Waals surface area contributed by atoms with Gasteiger partial charge in [0.05, 0.1) is 0 Å². The number of amides is 1. The van der Waals surface area contributed by atoms with E-state index in [2.05, 4.69) is 33.9 Å². The summed E-state index contributed by atoms with van der Waals surface area (Å²) in [7, 11) is 0. The van der Waals surface area contributed by atoms with Crippen LogP contribution in [0, 0.1) is 0 Å². The monoisotopic (exact) mass is 470 g/mol. The van der Waals surface area contributed by atoms with E-state index in [1.807, 2.05) is 23.1 Å². The first-order chi connectivity index (χ1) is 11.7. The summed E-state index contributed by atoms with van der Waals surface area (Å²) in [6.07, 6.45) is 1.81. The zero-order valence-corrected chi connectivity index (χ0v) is 17.1. The highest BCUT2D eigenvalue weighted by molar-refractivity contribution is 14.0. The van der Waals surface area contributed by atoms with Gasteiger partial charge in [0, 0.05) is 24.5 Å². The van der Waals surface area contributed by atoms with E-state index in [0.717, 1.165) is 25.9 Å². The predicted octanol–water partition coefficient (Wildman–Crippen LogP) is 2.40. The predicted molar refractivity (Wildman–Crippen MR) is 113 cm³/mol. The van der Waals surface area contributed by atoms with Crippen LogP contribution in [0.1, 0.15) is 16.0 Å². The Morgan fingerprint density at radius 1 is 1.24 bits per heavy atom. The Hall–Kier alpha value is -1.61. The molecule has 0 aliphatic carbocycles. The van der Waals surface area contributed by atoms with Gasteiger partial charge in [-0.05, 0) is 35.4 Å². The van der Waals surface area contributed by atoms with Gasteiger partial charge >= 0.3 is 0 Å². The maximum atomic E-state index is 12.3. The normalized spacial score (nSPS) is 13.8. The van der Waals surface area contributed by atoms with Gasteiger partial charge in [0.1, 0.15) is 6.54 Å². The molecule has 0 unspecified atom stereocenters. The van der Waals surface area contributed by atoms with Gasteiger partial charge in [0.2, 0.25) is 5.91 Å². The van der Waals surface area contributed by atoms with Crippen molar-refractivity contribution >= 4 is 47.2 Å². The molecule has 0 atom stereocenters. The summed E-state index contributed by atoms with van der Waals surface area (Å²) in [6, 6.07) is 12.4. The fourth-order valence-electron chi connectivity index (χ4n) is 2.79. The number of hydrogen-bond acceptors (Lipinski definition) is 3. The molecule has 134 valence electrons. The minimum Gasteiger partial charge on any atom is -0.370 e. The Kier molecular flexibility index (Phi) is 7.70. The molecule has 0 saturated carbocycles. The number of nitrogens with two attached hydrogens (primary N) is 1. The molecule has 2 aromatic rings. The Bertz CT molecular complexity index is 718. The number of rotatable bonds is 5. The molecule has 7 heteroatoms. The van der Waals surface area contributed by atoms with Crippen molar-refractivity contribution in [2.75, 3.05) is 19.6 Å². The van der Waals surface area contributed by atoms with Crippen LogP contribution in [0.3, 0.4) is 0 Å². The molecule has 1 aliphatic heterocycles. The van der Waals surface area contributed by atoms with Gasteiger partial charge in [-0.15, -0.1) is 35.3 Å². The summed E-state index contributed by atoms with van der Waals surface area (Å²) in [5.41, 5.74) is 8.40. The third kappa shape index (κ3) is 5.71. The van der Waals surface area contributed by atoms with E-state index in [9.17, 15) is 4.79 Å². The first-order valence-corrected chi connectivity index (χ1v) is 9.01. The van der Waals surface area contributed by atoms with Gasteiger partial charge in [0.15, 0.2) is 5.96 Å². The van der Waals surface area contributed by atoms with Crippen molar-refractivity contribution in [1.29, 1.82) is 0 Å². The first-order valence-electron chi connectivity index (χ1n) is 8.13. The Labute approximate surface area is 169 Å². The zero-order chi connectivity index (χ0) is 16.8. The maximum absolute atomic E-state index is 12.3. The number of nitrogens with zero attached hydrogens (tertiary/aromatic N) is 2. The van der Waals surface area contributed by atoms with Crippen LogP contribution in [0.25, 0.3) is 0 Å². The molecule has 5 nitrogen and oxygen atoms in total. The quantitative estimate of drug-likeness (QED) is 0.401. The summed E-state index contributed by atoms with van der Waals surface area (Å²) < 4.78 is 0. The van der Waals surface area contributed by atoms with Crippen LogP contribution >= 0.6 is 35.3 Å². The van der Waals surface area contributed by atoms with E-state index >= 15 is 0 Å². The molecule has 25 heavy (non-hydrogen) atoms. The fourth-order valence-corrected chi connectivity index (χ4v) is 3.49. The fraction of sp³-hybridized carbons (Fsp3) is 0.333. The lowest BCUT2D eigenvalue weighted by molar-refractivity contribution is -0.130. The van der Waals surface area contributed by atoms with Crippen molar-refractivity contribution in [3.63, 3.8) is 0 Å². The smallest absolute Gasteiger partial charge is 0.244 e. The number of thiophene rings is 1. The molecular formula is C18H23IN4OS. The van der Waals surface area contributed by atoms with Gasteiger partial charge in [-0.3, -0.25) is 4.79 Å². The second-order valence-corrected chi connectivity index (χ2v) is 6.82. The number of guanidine groups is 1. The van der Waals surface area contributed by atoms with Crippen LogP contribution in [0.4, 0.5) is 0 Å². The summed E-state index contributed by atoms with van der Waals surface area (Å²) >= 11 is 1.72. The lowest BCUT2D eigenvalue weighted by Crippen LogP contribution is -2.39. The molecule has 1 aromatic carbocycles. The third-order valence-electron chi connectivity index (χ3n) is 4.13. The standard InChI is InChI=1S/C18H22N4OS.HI/c19-18(20-9-7-16-6-3-11-24-16)21-12-17(23)22-10-8-14-4-1-2-5-15(14)13-22;/h1-6,11H,7-10,12-13H2,(H3,19,20,21);1H. The second kappa shape index (κ2) is 9.76. The Morgan fingerprint density at radius 2 is 2.04 bits per heavy atom. The number of carbonyl (C=O) groups excluding carboxylic acids is 1. The molecular weight excluding hydrogens is 447 g/mol. The first kappa shape index (κ1) is 19.7. The molecule has 1 aliphatic rings. The summed E-state index contributed by atoms with van der Waals surface area (Å²) in [5, 5.41) is 5.12. The number of benzene rings is 1. The molecule has 0 fully saturated rings. The average molecular weight is 470 g/mol. The van der Waals surface area contributed by atoms with Crippen molar-refractivity contribution in [3.8, 4) is 0 Å². The summed E-state index contributed by atoms with van der Waals surface area (Å²) in [6.45, 7) is 2.23. The van der Waals surface area contributed by atoms with Crippen LogP contribution in [0.2, 0.25) is 0 Å². The van der Waals surface area contributed by atoms with E-state index < -0.39 is 0 Å². The van der Waals surface area contributed by atoms with Crippen molar-refractivity contribution in [2.45, 2.75) is 19.4 Å². The van der Waals surface area contributed by atoms with Crippen molar-refractivity contribution in [3.05, 3.63) is 57.8 Å². The highest BCUT2D eigenvalue weighted by atomic mass is 127. The van der Waals surface area contributed by atoms with Crippen LogP contribution < -0.4 is 11.1 Å². The third-order valence-corrected chi connectivity index (χ3v) is 5.06. The molecule has 0 radical (unpaired) electrons. The number of halogens is 1. The van der Waals surface area contributed by atoms with Gasteiger partial charge in [-0.25, -0.2) is 4.99 Å². The Balaban J connectivity index is 0.00000225. The number of carbonyl (C=O) groups is 1. The molecule has 3 rings (SSSR count). The molecule has 1 aromatic heterocycles. The van der Waals surface area contributed by atoms with Crippen LogP contribution in [0.15, 0.2) is 46.8 Å². The molecule has 0 spiro atoms. The number of fused-ring (bicyclic) bond motifs is 1. The topological polar surface area (TPSA) is 70.7 Å². The van der Waals surface area contributed by atoms with E-state index in [-0.39, 0.29) is 36.4 Å². The lowest BCUT2D eigenvalue weighted by atomic mass is 10.00. The van der Waals surface area contributed by atoms with Crippen molar-refractivity contribution in [2.24, 2.45) is 10.7 Å². The minimum absolute atomic E-state index is 0. The van der Waals surface area contributed by atoms with E-state index in [1.54, 1.807) is 11.3 Å². The van der Waals surface area contributed by atoms with Crippen LogP contribution in [-0.4, -0.2) is 36.4 Å². The SMILES string of the molecule is I.NC(=NCC(=O)N1CCc2ccccc2C1)NCCc1cccs1. The van der Waals surface area contributed by atoms with E-state index in [0.29, 0.717) is 12.5 Å². The van der Waals surface area contributed by atoms with E-state index in [4.69, 9.17) is 5.73 Å². The number of aliphatic imine (C=N–C) groups is 1. The second-order valence-electron chi connectivity index (χ2n) is 5.79. The van der Waals surface area contributed by atoms with E-state index in [1.165, 1.54) is 16.0 Å². The van der Waals surface area contributed by atoms with Gasteiger partial charge < -0.3 is 16.0 Å². The molecule has 0 bridgehead atoms. The molecule has 2 heterocycles. The summed E-state index contributed by atoms with van der Waals surface area (Å²) in [5.74, 6) is 0.352. The maximum Gasteiger partial charge on any atom is 0.244 e. The zero-order valence-electron chi connectivity index (χ0n) is 14.0. The molecule has 0 saturated heterocycles. The highest BCUT2D eigenvalue weighted by Gasteiger charge is 2.19. The molecule has 1 amide bonds. The lowest BCUT2D eigenvalue weighted by Gasteiger charge is -2.28. The number of hydrogen-bond donors (Lipinski definition) is 2. The van der Waals surface area contributed by atoms with Crippen molar-refractivity contribution in [1.82, 2.24) is 10.2 Å². The summed E-state index contributed by atoms with van der Waals surface area (Å²) in [4.78, 5) is 19.6. The van der Waals surface area contributed by atoms with Crippen LogP contribution in [0.5, 0.6) is 0 Å². The Morgan fingerprint density at radius 3 is 2.80 bits per heavy atom. The average Bonchev–Trinajstić information content (AvgIpc) is 3.12. The molecule has 3 N–H and O–H groups in total. The van der Waals surface area contributed by atoms with Crippen molar-refractivity contribution < 1.29 is 4.79 Å². The van der Waals surface area contributed by atoms with Gasteiger partial charge in [-0.2, -0.15) is 0 Å². The minimum atomic E-state index is 0. The highest BCUT2D eigenvalue weighted by Crippen LogP contribution is 2.18.